The molecule has 152 valence electrons. The largest absolute Gasteiger partial charge is 0.468 e. The molecule has 1 amide bonds. The minimum atomic E-state index is -0.373. The van der Waals surface area contributed by atoms with Crippen LogP contribution >= 0.6 is 11.3 Å². The number of aromatic nitrogens is 1. The van der Waals surface area contributed by atoms with Gasteiger partial charge in [0, 0.05) is 0 Å². The van der Waals surface area contributed by atoms with Gasteiger partial charge in [-0.25, -0.2) is 0 Å². The monoisotopic (exact) mass is 410 g/mol. The minimum Gasteiger partial charge on any atom is -0.468 e. The van der Waals surface area contributed by atoms with E-state index in [9.17, 15) is 9.59 Å². The highest BCUT2D eigenvalue weighted by molar-refractivity contribution is 7.16. The molecule has 0 radical (unpaired) electrons. The third kappa shape index (κ3) is 4.82. The molecule has 29 heavy (non-hydrogen) atoms. The van der Waals surface area contributed by atoms with Gasteiger partial charge in [-0.15, -0.1) is 0 Å². The Morgan fingerprint density at radius 1 is 1.14 bits per heavy atom. The Morgan fingerprint density at radius 3 is 2.45 bits per heavy atom. The summed E-state index contributed by atoms with van der Waals surface area (Å²) in [4.78, 5) is 29.4. The van der Waals surface area contributed by atoms with Crippen LogP contribution in [0.1, 0.15) is 42.0 Å². The third-order valence-corrected chi connectivity index (χ3v) is 6.08. The molecule has 0 saturated carbocycles. The first-order valence-electron chi connectivity index (χ1n) is 9.62. The van der Waals surface area contributed by atoms with Crippen molar-refractivity contribution >= 4 is 33.4 Å². The maximum atomic E-state index is 12.6. The van der Waals surface area contributed by atoms with Crippen molar-refractivity contribution in [1.29, 1.82) is 0 Å². The lowest BCUT2D eigenvalue weighted by Gasteiger charge is -2.06. The molecule has 0 saturated heterocycles. The van der Waals surface area contributed by atoms with Gasteiger partial charge in [-0.2, -0.15) is 4.99 Å². The first-order valence-corrected chi connectivity index (χ1v) is 10.4. The maximum Gasteiger partial charge on any atom is 0.325 e. The number of methoxy groups -OCH3 is 1. The zero-order chi connectivity index (χ0) is 21.1. The normalized spacial score (nSPS) is 12.0. The van der Waals surface area contributed by atoms with Gasteiger partial charge < -0.3 is 9.30 Å². The number of benzene rings is 2. The van der Waals surface area contributed by atoms with Crippen LogP contribution < -0.4 is 4.80 Å². The molecule has 1 aromatic heterocycles. The number of nitrogens with zero attached hydrogens (tertiary/aromatic N) is 2. The average Bonchev–Trinajstić information content (AvgIpc) is 2.99. The quantitative estimate of drug-likeness (QED) is 0.590. The van der Waals surface area contributed by atoms with Crippen LogP contribution in [0.25, 0.3) is 10.2 Å². The number of fused-ring (bicyclic) bond motifs is 1. The molecule has 1 heterocycles. The van der Waals surface area contributed by atoms with Crippen LogP contribution in [0.4, 0.5) is 0 Å². The van der Waals surface area contributed by atoms with Crippen LogP contribution in [-0.4, -0.2) is 23.6 Å². The summed E-state index contributed by atoms with van der Waals surface area (Å²) in [5.41, 5.74) is 5.25. The number of thiazole rings is 1. The summed E-state index contributed by atoms with van der Waals surface area (Å²) in [6.07, 6.45) is 0.225. The third-order valence-electron chi connectivity index (χ3n) is 4.85. The second-order valence-corrected chi connectivity index (χ2v) is 8.53. The molecule has 0 aliphatic carbocycles. The van der Waals surface area contributed by atoms with Gasteiger partial charge in [-0.3, -0.25) is 9.59 Å². The number of carbonyl (C=O) groups excluding carboxylic acids is 2. The lowest BCUT2D eigenvalue weighted by Crippen LogP contribution is -2.22. The van der Waals surface area contributed by atoms with Crippen molar-refractivity contribution in [3.63, 3.8) is 0 Å². The van der Waals surface area contributed by atoms with E-state index in [2.05, 4.69) is 37.0 Å². The number of ether oxygens (including phenoxy) is 1. The molecule has 0 atom stereocenters. The van der Waals surface area contributed by atoms with Crippen LogP contribution in [0.5, 0.6) is 0 Å². The van der Waals surface area contributed by atoms with Gasteiger partial charge in [0.1, 0.15) is 6.54 Å². The molecule has 5 nitrogen and oxygen atoms in total. The fourth-order valence-corrected chi connectivity index (χ4v) is 4.38. The predicted molar refractivity (Wildman–Crippen MR) is 116 cm³/mol. The molecular weight excluding hydrogens is 384 g/mol. The summed E-state index contributed by atoms with van der Waals surface area (Å²) in [5, 5.41) is 0. The highest BCUT2D eigenvalue weighted by atomic mass is 32.1. The molecule has 0 aliphatic rings. The summed E-state index contributed by atoms with van der Waals surface area (Å²) in [6, 6.07) is 12.2. The first-order chi connectivity index (χ1) is 13.8. The van der Waals surface area contributed by atoms with E-state index >= 15 is 0 Å². The zero-order valence-electron chi connectivity index (χ0n) is 17.5. The number of rotatable bonds is 5. The molecular formula is C23H26N2O3S. The highest BCUT2D eigenvalue weighted by Crippen LogP contribution is 2.23. The Bertz CT molecular complexity index is 1120. The summed E-state index contributed by atoms with van der Waals surface area (Å²) in [5.74, 6) is -0.157. The first kappa shape index (κ1) is 21.0. The second kappa shape index (κ2) is 8.74. The molecule has 0 fully saturated rings. The van der Waals surface area contributed by atoms with E-state index in [1.54, 1.807) is 4.57 Å². The van der Waals surface area contributed by atoms with Crippen molar-refractivity contribution in [3.05, 3.63) is 63.5 Å². The van der Waals surface area contributed by atoms with Crippen LogP contribution in [0.2, 0.25) is 0 Å². The number of aryl methyl sites for hydroxylation is 2. The lowest BCUT2D eigenvalue weighted by atomic mass is 10.0. The van der Waals surface area contributed by atoms with Crippen molar-refractivity contribution in [2.45, 2.75) is 46.6 Å². The van der Waals surface area contributed by atoms with E-state index in [-0.39, 0.29) is 24.8 Å². The van der Waals surface area contributed by atoms with Gasteiger partial charge >= 0.3 is 5.97 Å². The van der Waals surface area contributed by atoms with Gasteiger partial charge in [0.2, 0.25) is 0 Å². The Morgan fingerprint density at radius 2 is 1.83 bits per heavy atom. The van der Waals surface area contributed by atoms with Crippen molar-refractivity contribution in [2.75, 3.05) is 7.11 Å². The maximum absolute atomic E-state index is 12.6. The number of hydrogen-bond acceptors (Lipinski definition) is 4. The van der Waals surface area contributed by atoms with Gasteiger partial charge in [-0.1, -0.05) is 55.5 Å². The van der Waals surface area contributed by atoms with E-state index in [1.165, 1.54) is 24.0 Å². The van der Waals surface area contributed by atoms with E-state index in [0.29, 0.717) is 10.7 Å². The van der Waals surface area contributed by atoms with Crippen molar-refractivity contribution < 1.29 is 14.3 Å². The predicted octanol–water partition coefficient (Wildman–Crippen LogP) is 4.29. The van der Waals surface area contributed by atoms with Gasteiger partial charge in [0.25, 0.3) is 5.91 Å². The molecule has 3 aromatic rings. The molecule has 0 bridgehead atoms. The number of hydrogen-bond donors (Lipinski definition) is 0. The molecule has 0 unspecified atom stereocenters. The van der Waals surface area contributed by atoms with E-state index < -0.39 is 0 Å². The van der Waals surface area contributed by atoms with Crippen molar-refractivity contribution in [1.82, 2.24) is 4.57 Å². The van der Waals surface area contributed by atoms with Gasteiger partial charge in [0.15, 0.2) is 4.80 Å². The summed E-state index contributed by atoms with van der Waals surface area (Å²) in [6.45, 7) is 8.33. The topological polar surface area (TPSA) is 60.7 Å². The fraction of sp³-hybridized carbons (Fsp3) is 0.348. The van der Waals surface area contributed by atoms with Crippen LogP contribution in [-0.2, 0) is 27.3 Å². The van der Waals surface area contributed by atoms with Gasteiger partial charge in [-0.05, 0) is 48.1 Å². The van der Waals surface area contributed by atoms with Crippen LogP contribution in [0.15, 0.2) is 41.4 Å². The van der Waals surface area contributed by atoms with E-state index in [0.717, 1.165) is 26.9 Å². The Labute approximate surface area is 174 Å². The zero-order valence-corrected chi connectivity index (χ0v) is 18.3. The summed E-state index contributed by atoms with van der Waals surface area (Å²) < 4.78 is 7.63. The van der Waals surface area contributed by atoms with Crippen LogP contribution in [0, 0.1) is 13.8 Å². The summed E-state index contributed by atoms with van der Waals surface area (Å²) >= 11 is 1.42. The number of carbonyl (C=O) groups is 2. The number of amides is 1. The van der Waals surface area contributed by atoms with Crippen molar-refractivity contribution in [2.24, 2.45) is 4.99 Å². The molecule has 6 heteroatoms. The molecule has 0 aliphatic heterocycles. The molecule has 0 spiro atoms. The highest BCUT2D eigenvalue weighted by Gasteiger charge is 2.14. The molecule has 3 rings (SSSR count). The average molecular weight is 411 g/mol. The smallest absolute Gasteiger partial charge is 0.325 e. The van der Waals surface area contributed by atoms with Crippen molar-refractivity contribution in [3.8, 4) is 0 Å². The number of esters is 1. The minimum absolute atomic E-state index is 0.0224. The van der Waals surface area contributed by atoms with Gasteiger partial charge in [0.05, 0.1) is 23.7 Å². The Hall–Kier alpha value is -2.73. The molecule has 0 N–H and O–H groups in total. The van der Waals surface area contributed by atoms with E-state index in [4.69, 9.17) is 4.74 Å². The summed E-state index contributed by atoms with van der Waals surface area (Å²) in [7, 11) is 1.36. The molecule has 2 aromatic carbocycles. The van der Waals surface area contributed by atoms with Crippen LogP contribution in [0.3, 0.4) is 0 Å². The Balaban J connectivity index is 1.99. The fourth-order valence-electron chi connectivity index (χ4n) is 3.29. The second-order valence-electron chi connectivity index (χ2n) is 7.56. The Kier molecular flexibility index (Phi) is 6.33. The SMILES string of the molecule is COC(=O)Cn1c(=NC(=O)Cc2ccc(C(C)C)cc2)sc2c(C)cc(C)cc21. The standard InChI is InChI=1S/C23H26N2O3S/c1-14(2)18-8-6-17(7-9-18)12-20(26)24-23-25(13-21(27)28-5)19-11-15(3)10-16(4)22(19)29-23/h6-11,14H,12-13H2,1-5H3. The van der Waals surface area contributed by atoms with E-state index in [1.807, 2.05) is 32.0 Å². The lowest BCUT2D eigenvalue weighted by molar-refractivity contribution is -0.141.